The number of amides is 1. The van der Waals surface area contributed by atoms with Gasteiger partial charge < -0.3 is 5.32 Å². The maximum Gasteiger partial charge on any atom is 0.252 e. The molecule has 0 heterocycles. The standard InChI is InChI=1S/C18H22FNO/c1-4-18(5-2,6-3)20-17(21)15-11-12-16(19)14-10-8-7-9-13(14)15/h7-12H,4-6H2,1-3H3,(H,20,21). The van der Waals surface area contributed by atoms with Crippen molar-refractivity contribution < 1.29 is 9.18 Å². The summed E-state index contributed by atoms with van der Waals surface area (Å²) in [5.41, 5.74) is 0.346. The molecular weight excluding hydrogens is 265 g/mol. The number of carbonyl (C=O) groups excluding carboxylic acids is 1. The third kappa shape index (κ3) is 2.92. The molecule has 0 unspecified atom stereocenters. The SMILES string of the molecule is CCC(CC)(CC)NC(=O)c1ccc(F)c2ccccc12. The minimum absolute atomic E-state index is 0.128. The van der Waals surface area contributed by atoms with Crippen LogP contribution in [0.15, 0.2) is 36.4 Å². The second kappa shape index (κ2) is 6.25. The lowest BCUT2D eigenvalue weighted by Crippen LogP contribution is -2.47. The van der Waals surface area contributed by atoms with Crippen LogP contribution in [-0.2, 0) is 0 Å². The summed E-state index contributed by atoms with van der Waals surface area (Å²) >= 11 is 0. The van der Waals surface area contributed by atoms with Gasteiger partial charge in [0.15, 0.2) is 0 Å². The Kier molecular flexibility index (Phi) is 4.61. The van der Waals surface area contributed by atoms with Gasteiger partial charge in [0.1, 0.15) is 5.82 Å². The van der Waals surface area contributed by atoms with Gasteiger partial charge in [0, 0.05) is 16.5 Å². The minimum Gasteiger partial charge on any atom is -0.347 e. The van der Waals surface area contributed by atoms with E-state index in [1.807, 2.05) is 6.07 Å². The number of rotatable bonds is 5. The number of hydrogen-bond donors (Lipinski definition) is 1. The predicted molar refractivity (Wildman–Crippen MR) is 85.0 cm³/mol. The molecule has 0 aliphatic carbocycles. The van der Waals surface area contributed by atoms with E-state index in [0.717, 1.165) is 19.3 Å². The smallest absolute Gasteiger partial charge is 0.252 e. The number of nitrogens with one attached hydrogen (secondary N) is 1. The van der Waals surface area contributed by atoms with Crippen LogP contribution < -0.4 is 5.32 Å². The van der Waals surface area contributed by atoms with E-state index in [2.05, 4.69) is 26.1 Å². The van der Waals surface area contributed by atoms with Crippen molar-refractivity contribution in [3.05, 3.63) is 47.8 Å². The summed E-state index contributed by atoms with van der Waals surface area (Å²) in [7, 11) is 0. The summed E-state index contributed by atoms with van der Waals surface area (Å²) in [6, 6.07) is 10.0. The normalized spacial score (nSPS) is 11.6. The Morgan fingerprint density at radius 2 is 1.57 bits per heavy atom. The zero-order chi connectivity index (χ0) is 15.5. The molecule has 21 heavy (non-hydrogen) atoms. The van der Waals surface area contributed by atoms with Crippen molar-refractivity contribution in [1.29, 1.82) is 0 Å². The van der Waals surface area contributed by atoms with Gasteiger partial charge in [0.2, 0.25) is 0 Å². The van der Waals surface area contributed by atoms with Crippen LogP contribution in [0.3, 0.4) is 0 Å². The molecule has 2 rings (SSSR count). The van der Waals surface area contributed by atoms with Crippen LogP contribution in [-0.4, -0.2) is 11.4 Å². The zero-order valence-corrected chi connectivity index (χ0v) is 12.9. The van der Waals surface area contributed by atoms with Crippen molar-refractivity contribution in [3.8, 4) is 0 Å². The van der Waals surface area contributed by atoms with Gasteiger partial charge in [-0.15, -0.1) is 0 Å². The second-order valence-electron chi connectivity index (χ2n) is 5.44. The number of benzene rings is 2. The minimum atomic E-state index is -0.296. The largest absolute Gasteiger partial charge is 0.347 e. The molecular formula is C18H22FNO. The van der Waals surface area contributed by atoms with Crippen LogP contribution in [0, 0.1) is 5.82 Å². The first kappa shape index (κ1) is 15.5. The lowest BCUT2D eigenvalue weighted by Gasteiger charge is -2.32. The van der Waals surface area contributed by atoms with Crippen LogP contribution in [0.1, 0.15) is 50.4 Å². The molecule has 0 saturated carbocycles. The van der Waals surface area contributed by atoms with Crippen molar-refractivity contribution in [2.75, 3.05) is 0 Å². The van der Waals surface area contributed by atoms with E-state index in [0.29, 0.717) is 16.3 Å². The third-order valence-electron chi connectivity index (χ3n) is 4.52. The fraction of sp³-hybridized carbons (Fsp3) is 0.389. The Bertz CT molecular complexity index is 638. The van der Waals surface area contributed by atoms with E-state index >= 15 is 0 Å². The molecule has 3 heteroatoms. The highest BCUT2D eigenvalue weighted by atomic mass is 19.1. The van der Waals surface area contributed by atoms with Gasteiger partial charge in [-0.05, 0) is 36.8 Å². The predicted octanol–water partition coefficient (Wildman–Crippen LogP) is 4.68. The van der Waals surface area contributed by atoms with Crippen LogP contribution >= 0.6 is 0 Å². The zero-order valence-electron chi connectivity index (χ0n) is 12.9. The molecule has 0 aromatic heterocycles. The molecule has 112 valence electrons. The molecule has 0 aliphatic rings. The molecule has 1 amide bonds. The highest BCUT2D eigenvalue weighted by Crippen LogP contribution is 2.24. The van der Waals surface area contributed by atoms with Gasteiger partial charge in [-0.3, -0.25) is 4.79 Å². The van der Waals surface area contributed by atoms with Gasteiger partial charge in [-0.25, -0.2) is 4.39 Å². The summed E-state index contributed by atoms with van der Waals surface area (Å²) in [5.74, 6) is -0.424. The van der Waals surface area contributed by atoms with Crippen LogP contribution in [0.5, 0.6) is 0 Å². The molecule has 0 bridgehead atoms. The summed E-state index contributed by atoms with van der Waals surface area (Å²) in [6.07, 6.45) is 2.64. The third-order valence-corrected chi connectivity index (χ3v) is 4.52. The van der Waals surface area contributed by atoms with Gasteiger partial charge >= 0.3 is 0 Å². The van der Waals surface area contributed by atoms with E-state index < -0.39 is 0 Å². The lowest BCUT2D eigenvalue weighted by atomic mass is 9.89. The molecule has 2 aromatic rings. The molecule has 0 aliphatic heterocycles. The highest BCUT2D eigenvalue weighted by molar-refractivity contribution is 6.07. The van der Waals surface area contributed by atoms with E-state index in [-0.39, 0.29) is 17.3 Å². The molecule has 0 atom stereocenters. The number of carbonyl (C=O) groups is 1. The van der Waals surface area contributed by atoms with E-state index in [1.54, 1.807) is 24.3 Å². The Morgan fingerprint density at radius 3 is 2.14 bits per heavy atom. The quantitative estimate of drug-likeness (QED) is 0.850. The van der Waals surface area contributed by atoms with Crippen molar-refractivity contribution in [3.63, 3.8) is 0 Å². The van der Waals surface area contributed by atoms with Crippen molar-refractivity contribution in [1.82, 2.24) is 5.32 Å². The summed E-state index contributed by atoms with van der Waals surface area (Å²) in [5, 5.41) is 4.29. The molecule has 1 N–H and O–H groups in total. The highest BCUT2D eigenvalue weighted by Gasteiger charge is 2.27. The first-order chi connectivity index (χ1) is 10.1. The Balaban J connectivity index is 2.43. The molecule has 0 radical (unpaired) electrons. The number of fused-ring (bicyclic) bond motifs is 1. The monoisotopic (exact) mass is 287 g/mol. The van der Waals surface area contributed by atoms with E-state index in [1.165, 1.54) is 6.07 Å². The van der Waals surface area contributed by atoms with Gasteiger partial charge in [0.05, 0.1) is 0 Å². The molecule has 0 spiro atoms. The van der Waals surface area contributed by atoms with Crippen molar-refractivity contribution in [2.45, 2.75) is 45.6 Å². The molecule has 0 saturated heterocycles. The average molecular weight is 287 g/mol. The maximum absolute atomic E-state index is 13.8. The van der Waals surface area contributed by atoms with Crippen molar-refractivity contribution in [2.24, 2.45) is 0 Å². The average Bonchev–Trinajstić information content (AvgIpc) is 2.53. The Labute approximate surface area is 125 Å². The summed E-state index contributed by atoms with van der Waals surface area (Å²) in [4.78, 5) is 12.6. The number of halogens is 1. The number of hydrogen-bond acceptors (Lipinski definition) is 1. The van der Waals surface area contributed by atoms with Crippen LogP contribution in [0.25, 0.3) is 10.8 Å². The van der Waals surface area contributed by atoms with Gasteiger partial charge in [-0.1, -0.05) is 45.0 Å². The van der Waals surface area contributed by atoms with Crippen LogP contribution in [0.4, 0.5) is 4.39 Å². The maximum atomic E-state index is 13.8. The topological polar surface area (TPSA) is 29.1 Å². The van der Waals surface area contributed by atoms with Gasteiger partial charge in [0.25, 0.3) is 5.91 Å². The lowest BCUT2D eigenvalue weighted by molar-refractivity contribution is 0.0890. The fourth-order valence-electron chi connectivity index (χ4n) is 2.78. The summed E-state index contributed by atoms with van der Waals surface area (Å²) in [6.45, 7) is 6.24. The first-order valence-corrected chi connectivity index (χ1v) is 7.56. The molecule has 2 nitrogen and oxygen atoms in total. The molecule has 2 aromatic carbocycles. The van der Waals surface area contributed by atoms with Gasteiger partial charge in [-0.2, -0.15) is 0 Å². The van der Waals surface area contributed by atoms with Crippen LogP contribution in [0.2, 0.25) is 0 Å². The Hall–Kier alpha value is -1.90. The molecule has 0 fully saturated rings. The summed E-state index contributed by atoms with van der Waals surface area (Å²) < 4.78 is 13.8. The van der Waals surface area contributed by atoms with Crippen molar-refractivity contribution >= 4 is 16.7 Å². The Morgan fingerprint density at radius 1 is 1.00 bits per heavy atom. The van der Waals surface area contributed by atoms with E-state index in [9.17, 15) is 9.18 Å². The fourth-order valence-corrected chi connectivity index (χ4v) is 2.78. The first-order valence-electron chi connectivity index (χ1n) is 7.56. The van der Waals surface area contributed by atoms with E-state index in [4.69, 9.17) is 0 Å². The second-order valence-corrected chi connectivity index (χ2v) is 5.44.